The molecule has 0 unspecified atom stereocenters. The van der Waals surface area contributed by atoms with Crippen LogP contribution < -0.4 is 10.1 Å². The maximum atomic E-state index is 11.3. The van der Waals surface area contributed by atoms with Crippen molar-refractivity contribution in [1.29, 1.82) is 0 Å². The average molecular weight is 313 g/mol. The van der Waals surface area contributed by atoms with Gasteiger partial charge in [-0.1, -0.05) is 11.6 Å². The quantitative estimate of drug-likeness (QED) is 0.894. The number of amides is 1. The summed E-state index contributed by atoms with van der Waals surface area (Å²) in [5.74, 6) is 0.631. The van der Waals surface area contributed by atoms with Gasteiger partial charge in [0.05, 0.1) is 7.11 Å². The van der Waals surface area contributed by atoms with Crippen LogP contribution in [-0.2, 0) is 11.3 Å². The third-order valence-electron chi connectivity index (χ3n) is 3.86. The van der Waals surface area contributed by atoms with Crippen LogP contribution >= 0.6 is 11.6 Å². The molecule has 21 heavy (non-hydrogen) atoms. The minimum Gasteiger partial charge on any atom is -0.504 e. The molecule has 0 saturated carbocycles. The van der Waals surface area contributed by atoms with E-state index in [4.69, 9.17) is 16.3 Å². The minimum atomic E-state index is 0.121. The van der Waals surface area contributed by atoms with Gasteiger partial charge < -0.3 is 20.1 Å². The minimum absolute atomic E-state index is 0.121. The molecule has 1 fully saturated rings. The normalized spacial score (nSPS) is 16.0. The Morgan fingerprint density at radius 3 is 2.71 bits per heavy atom. The van der Waals surface area contributed by atoms with Crippen molar-refractivity contribution < 1.29 is 14.6 Å². The fourth-order valence-electron chi connectivity index (χ4n) is 2.57. The smallest absolute Gasteiger partial charge is 0.219 e. The van der Waals surface area contributed by atoms with E-state index in [1.54, 1.807) is 19.1 Å². The van der Waals surface area contributed by atoms with Crippen LogP contribution in [0.4, 0.5) is 0 Å². The maximum absolute atomic E-state index is 11.3. The molecule has 116 valence electrons. The van der Waals surface area contributed by atoms with E-state index in [9.17, 15) is 9.90 Å². The van der Waals surface area contributed by atoms with Crippen molar-refractivity contribution >= 4 is 17.5 Å². The Bertz CT molecular complexity index is 514. The molecule has 6 heteroatoms. The molecule has 1 heterocycles. The number of nitrogens with one attached hydrogen (secondary N) is 1. The second-order valence-electron chi connectivity index (χ2n) is 5.28. The Hall–Kier alpha value is -1.46. The zero-order valence-electron chi connectivity index (χ0n) is 12.4. The van der Waals surface area contributed by atoms with Gasteiger partial charge in [-0.15, -0.1) is 0 Å². The van der Waals surface area contributed by atoms with Gasteiger partial charge >= 0.3 is 0 Å². The highest BCUT2D eigenvalue weighted by atomic mass is 35.5. The highest BCUT2D eigenvalue weighted by Crippen LogP contribution is 2.33. The summed E-state index contributed by atoms with van der Waals surface area (Å²) in [4.78, 5) is 13.1. The van der Waals surface area contributed by atoms with Crippen molar-refractivity contribution in [1.82, 2.24) is 10.2 Å². The zero-order valence-corrected chi connectivity index (χ0v) is 13.1. The molecule has 0 aromatic heterocycles. The second kappa shape index (κ2) is 7.00. The van der Waals surface area contributed by atoms with Gasteiger partial charge in [-0.05, 0) is 18.9 Å². The summed E-state index contributed by atoms with van der Waals surface area (Å²) in [7, 11) is 1.50. The number of hydrogen-bond acceptors (Lipinski definition) is 4. The summed E-state index contributed by atoms with van der Waals surface area (Å²) < 4.78 is 5.09. The number of likely N-dealkylation sites (tertiary alicyclic amines) is 1. The Labute approximate surface area is 129 Å². The monoisotopic (exact) mass is 312 g/mol. The summed E-state index contributed by atoms with van der Waals surface area (Å²) in [6, 6.07) is 3.66. The molecular weight excluding hydrogens is 292 g/mol. The van der Waals surface area contributed by atoms with E-state index in [2.05, 4.69) is 5.32 Å². The lowest BCUT2D eigenvalue weighted by atomic mass is 10.0. The number of halogens is 1. The first-order valence-corrected chi connectivity index (χ1v) is 7.43. The second-order valence-corrected chi connectivity index (χ2v) is 5.71. The van der Waals surface area contributed by atoms with E-state index in [1.807, 2.05) is 4.90 Å². The third kappa shape index (κ3) is 4.02. The molecule has 2 N–H and O–H groups in total. The highest BCUT2D eigenvalue weighted by Gasteiger charge is 2.20. The van der Waals surface area contributed by atoms with Crippen molar-refractivity contribution in [3.8, 4) is 11.5 Å². The fraction of sp³-hybridized carbons (Fsp3) is 0.533. The van der Waals surface area contributed by atoms with Crippen molar-refractivity contribution in [2.75, 3.05) is 20.2 Å². The number of carbonyl (C=O) groups is 1. The lowest BCUT2D eigenvalue weighted by molar-refractivity contribution is -0.129. The molecule has 1 saturated heterocycles. The summed E-state index contributed by atoms with van der Waals surface area (Å²) in [6.07, 6.45) is 1.83. The number of ether oxygens (including phenoxy) is 1. The topological polar surface area (TPSA) is 61.8 Å². The van der Waals surface area contributed by atoms with Crippen LogP contribution in [0.3, 0.4) is 0 Å². The van der Waals surface area contributed by atoms with Crippen molar-refractivity contribution in [3.63, 3.8) is 0 Å². The molecule has 0 radical (unpaired) electrons. The van der Waals surface area contributed by atoms with Crippen LogP contribution in [0.15, 0.2) is 12.1 Å². The lowest BCUT2D eigenvalue weighted by Gasteiger charge is -2.31. The molecule has 2 rings (SSSR count). The first kappa shape index (κ1) is 15.9. The van der Waals surface area contributed by atoms with Crippen LogP contribution in [0.25, 0.3) is 0 Å². The van der Waals surface area contributed by atoms with Crippen LogP contribution in [0.2, 0.25) is 5.02 Å². The van der Waals surface area contributed by atoms with Crippen molar-refractivity contribution in [3.05, 3.63) is 22.7 Å². The third-order valence-corrected chi connectivity index (χ3v) is 4.08. The number of rotatable bonds is 4. The number of phenols is 1. The van der Waals surface area contributed by atoms with Crippen LogP contribution in [0.1, 0.15) is 25.3 Å². The van der Waals surface area contributed by atoms with Crippen molar-refractivity contribution in [2.45, 2.75) is 32.4 Å². The molecular formula is C15H21ClN2O3. The average Bonchev–Trinajstić information content (AvgIpc) is 2.48. The molecule has 1 aliphatic rings. The Kier molecular flexibility index (Phi) is 5.31. The van der Waals surface area contributed by atoms with Gasteiger partial charge in [-0.2, -0.15) is 0 Å². The first-order chi connectivity index (χ1) is 10.0. The summed E-state index contributed by atoms with van der Waals surface area (Å²) in [6.45, 7) is 3.67. The predicted molar refractivity (Wildman–Crippen MR) is 81.8 cm³/mol. The number of nitrogens with zero attached hydrogens (tertiary/aromatic N) is 1. The van der Waals surface area contributed by atoms with Crippen molar-refractivity contribution in [2.24, 2.45) is 0 Å². The summed E-state index contributed by atoms with van der Waals surface area (Å²) >= 11 is 6.01. The molecule has 0 aliphatic carbocycles. The van der Waals surface area contributed by atoms with E-state index in [1.165, 1.54) is 7.11 Å². The molecule has 0 bridgehead atoms. The van der Waals surface area contributed by atoms with Crippen LogP contribution in [0, 0.1) is 0 Å². The number of hydrogen-bond donors (Lipinski definition) is 2. The number of phenolic OH excluding ortho intramolecular Hbond substituents is 1. The SMILES string of the molecule is COc1cc(Cl)cc(CNC2CCN(C(C)=O)CC2)c1O. The summed E-state index contributed by atoms with van der Waals surface area (Å²) in [5.41, 5.74) is 0.716. The van der Waals surface area contributed by atoms with Crippen LogP contribution in [0.5, 0.6) is 11.5 Å². The fourth-order valence-corrected chi connectivity index (χ4v) is 2.80. The Morgan fingerprint density at radius 2 is 2.14 bits per heavy atom. The molecule has 0 atom stereocenters. The van der Waals surface area contributed by atoms with Gasteiger partial charge in [0.15, 0.2) is 11.5 Å². The van der Waals surface area contributed by atoms with Crippen LogP contribution in [-0.4, -0.2) is 42.2 Å². The van der Waals surface area contributed by atoms with Gasteiger partial charge in [-0.3, -0.25) is 4.79 Å². The van der Waals surface area contributed by atoms with Gasteiger partial charge in [0.2, 0.25) is 5.91 Å². The van der Waals surface area contributed by atoms with E-state index in [-0.39, 0.29) is 11.7 Å². The Morgan fingerprint density at radius 1 is 1.48 bits per heavy atom. The molecule has 5 nitrogen and oxygen atoms in total. The van der Waals surface area contributed by atoms with Gasteiger partial charge in [0, 0.05) is 49.3 Å². The lowest BCUT2D eigenvalue weighted by Crippen LogP contribution is -2.43. The molecule has 1 aromatic rings. The number of piperidine rings is 1. The number of aromatic hydroxyl groups is 1. The number of benzene rings is 1. The largest absolute Gasteiger partial charge is 0.504 e. The first-order valence-electron chi connectivity index (χ1n) is 7.05. The van der Waals surface area contributed by atoms with E-state index in [0.717, 1.165) is 25.9 Å². The molecule has 1 aromatic carbocycles. The maximum Gasteiger partial charge on any atom is 0.219 e. The number of methoxy groups -OCH3 is 1. The van der Waals surface area contributed by atoms with Gasteiger partial charge in [0.25, 0.3) is 0 Å². The van der Waals surface area contributed by atoms with E-state index >= 15 is 0 Å². The zero-order chi connectivity index (χ0) is 15.4. The summed E-state index contributed by atoms with van der Waals surface area (Å²) in [5, 5.41) is 14.0. The van der Waals surface area contributed by atoms with E-state index in [0.29, 0.717) is 28.9 Å². The van der Waals surface area contributed by atoms with E-state index < -0.39 is 0 Å². The molecule has 0 spiro atoms. The standard InChI is InChI=1S/C15H21ClN2O3/c1-10(19)18-5-3-13(4-6-18)17-9-11-7-12(16)8-14(21-2)15(11)20/h7-8,13,17,20H,3-6,9H2,1-2H3. The highest BCUT2D eigenvalue weighted by molar-refractivity contribution is 6.30. The predicted octanol–water partition coefficient (Wildman–Crippen LogP) is 2.15. The number of carbonyl (C=O) groups excluding carboxylic acids is 1. The van der Waals surface area contributed by atoms with Gasteiger partial charge in [-0.25, -0.2) is 0 Å². The van der Waals surface area contributed by atoms with Gasteiger partial charge in [0.1, 0.15) is 0 Å². The molecule has 1 amide bonds. The molecule has 1 aliphatic heterocycles. The Balaban J connectivity index is 1.92.